The molecule has 1 nitrogen and oxygen atoms in total. The highest BCUT2D eigenvalue weighted by molar-refractivity contribution is 6.60. The van der Waals surface area contributed by atoms with E-state index in [0.717, 1.165) is 0 Å². The Morgan fingerprint density at radius 1 is 1.80 bits per heavy atom. The van der Waals surface area contributed by atoms with Gasteiger partial charge in [0.05, 0.1) is 0 Å². The number of nitrogens with zero attached hydrogens (tertiary/aromatic N) is 1. The van der Waals surface area contributed by atoms with Gasteiger partial charge >= 0.3 is 0 Å². The number of hydrogen-bond donors (Lipinski definition) is 0. The molecule has 0 atom stereocenters. The van der Waals surface area contributed by atoms with Gasteiger partial charge in [-0.05, 0) is 6.92 Å². The van der Waals surface area contributed by atoms with Gasteiger partial charge in [-0.1, -0.05) is 5.61 Å². The van der Waals surface area contributed by atoms with Gasteiger partial charge in [0.2, 0.25) is 0 Å². The second-order valence-corrected chi connectivity index (χ2v) is 0.770. The molecule has 0 N–H and O–H groups in total. The maximum atomic E-state index is 4.92. The van der Waals surface area contributed by atoms with Crippen molar-refractivity contribution in [3.63, 3.8) is 0 Å². The lowest BCUT2D eigenvalue weighted by molar-refractivity contribution is 1.83. The van der Waals surface area contributed by atoms with Crippen LogP contribution in [0.3, 0.4) is 0 Å². The second-order valence-electron chi connectivity index (χ2n) is 0.770. The molecule has 0 heterocycles. The predicted octanol–water partition coefficient (Wildman–Crippen LogP) is -0.343. The van der Waals surface area contributed by atoms with Crippen LogP contribution in [-0.4, -0.2) is 21.4 Å². The first-order valence-electron chi connectivity index (χ1n) is 1.27. The minimum absolute atomic E-state index is 0.407. The summed E-state index contributed by atoms with van der Waals surface area (Å²) < 4.78 is 0. The molecule has 4 radical (unpaired) electrons. The van der Waals surface area contributed by atoms with Crippen molar-refractivity contribution in [3.8, 4) is 0 Å². The largest absolute Gasteiger partial charge is 0.375 e. The van der Waals surface area contributed by atoms with Crippen LogP contribution < -0.4 is 0 Å². The third-order valence-electron chi connectivity index (χ3n) is 0.204. The summed E-state index contributed by atoms with van der Waals surface area (Å²) in [4.78, 5) is 3.08. The molecule has 0 rings (SSSR count). The Morgan fingerprint density at radius 2 is 2.00 bits per heavy atom. The molecule has 0 saturated carbocycles. The molecule has 0 amide bonds. The van der Waals surface area contributed by atoms with E-state index in [-0.39, 0.29) is 0 Å². The number of hydrogen-bond acceptors (Lipinski definition) is 1. The van der Waals surface area contributed by atoms with Crippen LogP contribution in [0.1, 0.15) is 6.92 Å². The van der Waals surface area contributed by atoms with Crippen molar-refractivity contribution in [2.24, 2.45) is 4.90 Å². The first kappa shape index (κ1) is 4.80. The molecule has 0 aliphatic carbocycles. The predicted molar refractivity (Wildman–Crippen MR) is 24.6 cm³/mol. The van der Waals surface area contributed by atoms with Crippen molar-refractivity contribution in [2.75, 3.05) is 0 Å². The third kappa shape index (κ3) is 3.80. The summed E-state index contributed by atoms with van der Waals surface area (Å²) in [5.74, 6) is 0. The highest BCUT2D eigenvalue weighted by Crippen LogP contribution is 1.55. The maximum Gasteiger partial charge on any atom is 0.257 e. The quantitative estimate of drug-likeness (QED) is 0.269. The first-order valence-corrected chi connectivity index (χ1v) is 1.27. The summed E-state index contributed by atoms with van der Waals surface area (Å²) >= 11 is 0. The van der Waals surface area contributed by atoms with Gasteiger partial charge in [0.1, 0.15) is 7.85 Å². The van der Waals surface area contributed by atoms with Crippen LogP contribution >= 0.6 is 0 Å². The topological polar surface area (TPSA) is 12.4 Å². The fourth-order valence-electron chi connectivity index (χ4n) is 0. The summed E-state index contributed by atoms with van der Waals surface area (Å²) in [5, 5.41) is 0. The lowest BCUT2D eigenvalue weighted by Gasteiger charge is -1.75. The Bertz CT molecular complexity index is 45.6. The SMILES string of the molecule is [B]N=C([B])C. The summed E-state index contributed by atoms with van der Waals surface area (Å²) in [6, 6.07) is 0. The molecule has 3 heteroatoms. The minimum atomic E-state index is 0.407. The molecule has 22 valence electrons. The Kier molecular flexibility index (Phi) is 1.98. The highest BCUT2D eigenvalue weighted by atomic mass is 14.5. The normalized spacial score (nSPS) is 11.8. The molecule has 0 aromatic carbocycles. The standard InChI is InChI=1S/C2H3B2N/c1-2(3)5-4/h1H3. The zero-order chi connectivity index (χ0) is 4.28. The van der Waals surface area contributed by atoms with Gasteiger partial charge in [-0.3, -0.25) is 0 Å². The van der Waals surface area contributed by atoms with Crippen LogP contribution in [0.25, 0.3) is 0 Å². The van der Waals surface area contributed by atoms with Crippen molar-refractivity contribution in [2.45, 2.75) is 6.92 Å². The molecule has 5 heavy (non-hydrogen) atoms. The molecule has 0 aromatic rings. The Hall–Kier alpha value is -0.200. The molecule has 0 fully saturated rings. The molecule has 0 saturated heterocycles. The van der Waals surface area contributed by atoms with Gasteiger partial charge in [-0.15, -0.1) is 0 Å². The second kappa shape index (κ2) is 2.06. The van der Waals surface area contributed by atoms with Crippen molar-refractivity contribution in [1.82, 2.24) is 0 Å². The van der Waals surface area contributed by atoms with Crippen LogP contribution in [0.15, 0.2) is 4.90 Å². The van der Waals surface area contributed by atoms with E-state index in [9.17, 15) is 0 Å². The van der Waals surface area contributed by atoms with Gasteiger partial charge < -0.3 is 4.90 Å². The van der Waals surface area contributed by atoms with Crippen LogP contribution in [-0.2, 0) is 0 Å². The van der Waals surface area contributed by atoms with Gasteiger partial charge in [0, 0.05) is 0 Å². The van der Waals surface area contributed by atoms with Gasteiger partial charge in [-0.2, -0.15) is 0 Å². The monoisotopic (exact) mass is 63.0 g/mol. The molecule has 0 bridgehead atoms. The van der Waals surface area contributed by atoms with Gasteiger partial charge in [-0.25, -0.2) is 0 Å². The molecule has 0 spiro atoms. The number of rotatable bonds is 0. The van der Waals surface area contributed by atoms with E-state index in [0.29, 0.717) is 5.61 Å². The summed E-state index contributed by atoms with van der Waals surface area (Å²) in [5.41, 5.74) is 0.407. The Morgan fingerprint density at radius 3 is 2.00 bits per heavy atom. The first-order chi connectivity index (χ1) is 2.27. The maximum absolute atomic E-state index is 4.92. The van der Waals surface area contributed by atoms with Gasteiger partial charge in [0.15, 0.2) is 0 Å². The average Bonchev–Trinajstić information content (AvgIpc) is 1.38. The zero-order valence-corrected chi connectivity index (χ0v) is 3.10. The summed E-state index contributed by atoms with van der Waals surface area (Å²) in [6.45, 7) is 1.62. The van der Waals surface area contributed by atoms with E-state index in [1.165, 1.54) is 0 Å². The van der Waals surface area contributed by atoms with Crippen LogP contribution in [0.5, 0.6) is 0 Å². The third-order valence-corrected chi connectivity index (χ3v) is 0.204. The van der Waals surface area contributed by atoms with E-state index in [1.54, 1.807) is 6.92 Å². The van der Waals surface area contributed by atoms with Crippen LogP contribution in [0.2, 0.25) is 0 Å². The summed E-state index contributed by atoms with van der Waals surface area (Å²) in [6.07, 6.45) is 0. The molecule has 0 unspecified atom stereocenters. The van der Waals surface area contributed by atoms with Crippen molar-refractivity contribution >= 4 is 21.4 Å². The molecular formula is C2H3B2N. The molecular weight excluding hydrogens is 59.7 g/mol. The zero-order valence-electron chi connectivity index (χ0n) is 3.10. The smallest absolute Gasteiger partial charge is 0.257 e. The lowest BCUT2D eigenvalue weighted by atomic mass is 10.0. The molecule has 0 aromatic heterocycles. The highest BCUT2D eigenvalue weighted by Gasteiger charge is 1.62. The van der Waals surface area contributed by atoms with E-state index in [4.69, 9.17) is 7.85 Å². The average molecular weight is 62.7 g/mol. The van der Waals surface area contributed by atoms with E-state index >= 15 is 0 Å². The fraction of sp³-hybridized carbons (Fsp3) is 0.500. The Labute approximate surface area is 34.3 Å². The van der Waals surface area contributed by atoms with Crippen molar-refractivity contribution in [3.05, 3.63) is 0 Å². The molecule has 0 aliphatic rings. The molecule has 0 aliphatic heterocycles. The van der Waals surface area contributed by atoms with E-state index in [1.807, 2.05) is 0 Å². The Balaban J connectivity index is 3.14. The van der Waals surface area contributed by atoms with E-state index < -0.39 is 0 Å². The van der Waals surface area contributed by atoms with E-state index in [2.05, 4.69) is 12.9 Å². The van der Waals surface area contributed by atoms with Crippen LogP contribution in [0.4, 0.5) is 0 Å². The van der Waals surface area contributed by atoms with Crippen molar-refractivity contribution < 1.29 is 0 Å². The van der Waals surface area contributed by atoms with Crippen LogP contribution in [0, 0.1) is 0 Å². The summed E-state index contributed by atoms with van der Waals surface area (Å²) in [7, 11) is 9.55. The fourth-order valence-corrected chi connectivity index (χ4v) is 0. The minimum Gasteiger partial charge on any atom is -0.375 e. The van der Waals surface area contributed by atoms with Crippen molar-refractivity contribution in [1.29, 1.82) is 0 Å². The van der Waals surface area contributed by atoms with Gasteiger partial charge in [0.25, 0.3) is 7.98 Å². The lowest BCUT2D eigenvalue weighted by Crippen LogP contribution is -1.84.